The lowest BCUT2D eigenvalue weighted by molar-refractivity contribution is -0.207. The monoisotopic (exact) mass is 436 g/mol. The van der Waals surface area contributed by atoms with Crippen molar-refractivity contribution >= 4 is 0 Å². The van der Waals surface area contributed by atoms with Crippen LogP contribution in [0, 0.1) is 52.3 Å². The number of rotatable bonds is 5. The van der Waals surface area contributed by atoms with Gasteiger partial charge >= 0.3 is 0 Å². The molecule has 0 amide bonds. The Kier molecular flexibility index (Phi) is 6.62. The molecule has 0 aromatic rings. The second-order valence-corrected chi connectivity index (χ2v) is 12.9. The van der Waals surface area contributed by atoms with E-state index in [9.17, 15) is 20.4 Å². The van der Waals surface area contributed by atoms with Crippen LogP contribution in [0.1, 0.15) is 92.4 Å². The highest BCUT2D eigenvalue weighted by Crippen LogP contribution is 2.68. The van der Waals surface area contributed by atoms with Gasteiger partial charge < -0.3 is 20.4 Å². The van der Waals surface area contributed by atoms with Gasteiger partial charge in [-0.1, -0.05) is 34.6 Å². The average Bonchev–Trinajstić information content (AvgIpc) is 3.06. The maximum absolute atomic E-state index is 11.6. The molecule has 31 heavy (non-hydrogen) atoms. The zero-order chi connectivity index (χ0) is 22.7. The molecule has 0 radical (unpaired) electrons. The minimum atomic E-state index is -0.321. The van der Waals surface area contributed by atoms with Gasteiger partial charge in [0.25, 0.3) is 0 Å². The van der Waals surface area contributed by atoms with Gasteiger partial charge in [-0.15, -0.1) is 0 Å². The van der Waals surface area contributed by atoms with E-state index in [1.54, 1.807) is 0 Å². The van der Waals surface area contributed by atoms with E-state index in [1.165, 1.54) is 0 Å². The molecule has 4 aliphatic rings. The third kappa shape index (κ3) is 3.82. The van der Waals surface area contributed by atoms with Crippen molar-refractivity contribution in [2.45, 2.75) is 117 Å². The van der Waals surface area contributed by atoms with Crippen LogP contribution >= 0.6 is 0 Å². The summed E-state index contributed by atoms with van der Waals surface area (Å²) in [6.45, 7) is 11.2. The van der Waals surface area contributed by atoms with Gasteiger partial charge in [-0.05, 0) is 110 Å². The summed E-state index contributed by atoms with van der Waals surface area (Å²) in [6, 6.07) is 0. The van der Waals surface area contributed by atoms with Gasteiger partial charge in [0.1, 0.15) is 0 Å². The molecule has 0 aliphatic heterocycles. The van der Waals surface area contributed by atoms with E-state index in [0.29, 0.717) is 35.5 Å². The van der Waals surface area contributed by atoms with E-state index in [4.69, 9.17) is 0 Å². The van der Waals surface area contributed by atoms with E-state index in [2.05, 4.69) is 34.6 Å². The van der Waals surface area contributed by atoms with E-state index in [1.807, 2.05) is 0 Å². The quantitative estimate of drug-likeness (QED) is 0.515. The van der Waals surface area contributed by atoms with Crippen LogP contribution in [0.2, 0.25) is 0 Å². The summed E-state index contributed by atoms with van der Waals surface area (Å²) < 4.78 is 0. The molecular formula is C27H48O4. The van der Waals surface area contributed by atoms with Crippen LogP contribution in [0.25, 0.3) is 0 Å². The molecule has 4 rings (SSSR count). The molecule has 0 saturated heterocycles. The van der Waals surface area contributed by atoms with Crippen molar-refractivity contribution in [3.8, 4) is 0 Å². The minimum Gasteiger partial charge on any atom is -0.393 e. The Morgan fingerprint density at radius 3 is 2.26 bits per heavy atom. The van der Waals surface area contributed by atoms with Crippen molar-refractivity contribution in [3.63, 3.8) is 0 Å². The second kappa shape index (κ2) is 8.56. The van der Waals surface area contributed by atoms with E-state index < -0.39 is 0 Å². The predicted molar refractivity (Wildman–Crippen MR) is 123 cm³/mol. The molecule has 0 aromatic carbocycles. The maximum atomic E-state index is 11.6. The van der Waals surface area contributed by atoms with Crippen molar-refractivity contribution in [1.82, 2.24) is 0 Å². The highest BCUT2D eigenvalue weighted by molar-refractivity contribution is 5.14. The summed E-state index contributed by atoms with van der Waals surface area (Å²) in [6.07, 6.45) is 7.31. The fourth-order valence-corrected chi connectivity index (χ4v) is 9.10. The van der Waals surface area contributed by atoms with Crippen LogP contribution in [0.4, 0.5) is 0 Å². The summed E-state index contributed by atoms with van der Waals surface area (Å²) in [5, 5.41) is 43.6. The molecule has 4 fully saturated rings. The van der Waals surface area contributed by atoms with Crippen molar-refractivity contribution < 1.29 is 20.4 Å². The maximum Gasteiger partial charge on any atom is 0.0602 e. The highest BCUT2D eigenvalue weighted by atomic mass is 16.3. The van der Waals surface area contributed by atoms with Gasteiger partial charge in [0.05, 0.1) is 24.4 Å². The lowest BCUT2D eigenvalue weighted by Gasteiger charge is -2.63. The van der Waals surface area contributed by atoms with Crippen molar-refractivity contribution in [3.05, 3.63) is 0 Å². The van der Waals surface area contributed by atoms with Crippen molar-refractivity contribution in [1.29, 1.82) is 0 Å². The Hall–Kier alpha value is -0.160. The Labute approximate surface area is 189 Å². The first-order valence-electron chi connectivity index (χ1n) is 13.2. The molecule has 0 bridgehead atoms. The molecule has 4 aliphatic carbocycles. The Bertz CT molecular complexity index is 637. The van der Waals surface area contributed by atoms with Crippen LogP contribution in [-0.2, 0) is 0 Å². The molecule has 4 saturated carbocycles. The van der Waals surface area contributed by atoms with Crippen LogP contribution in [-0.4, -0.2) is 44.8 Å². The molecule has 12 atom stereocenters. The van der Waals surface area contributed by atoms with Crippen molar-refractivity contribution in [2.24, 2.45) is 52.3 Å². The van der Waals surface area contributed by atoms with Gasteiger partial charge in [0.2, 0.25) is 0 Å². The number of aliphatic hydroxyl groups excluding tert-OH is 4. The molecule has 0 heterocycles. The lowest BCUT2D eigenvalue weighted by atomic mass is 9.43. The summed E-state index contributed by atoms with van der Waals surface area (Å²) in [7, 11) is 0. The van der Waals surface area contributed by atoms with E-state index >= 15 is 0 Å². The molecule has 4 heteroatoms. The number of hydrogen-bond acceptors (Lipinski definition) is 4. The topological polar surface area (TPSA) is 80.9 Å². The zero-order valence-corrected chi connectivity index (χ0v) is 20.5. The van der Waals surface area contributed by atoms with Gasteiger partial charge in [0.15, 0.2) is 0 Å². The fraction of sp³-hybridized carbons (Fsp3) is 1.00. The Morgan fingerprint density at radius 2 is 1.58 bits per heavy atom. The third-order valence-corrected chi connectivity index (χ3v) is 11.2. The predicted octanol–water partition coefficient (Wildman–Crippen LogP) is 4.38. The summed E-state index contributed by atoms with van der Waals surface area (Å²) in [5.41, 5.74) is -0.00175. The van der Waals surface area contributed by atoms with Gasteiger partial charge in [-0.2, -0.15) is 0 Å². The van der Waals surface area contributed by atoms with Crippen LogP contribution < -0.4 is 0 Å². The molecule has 0 aromatic heterocycles. The average molecular weight is 437 g/mol. The zero-order valence-electron chi connectivity index (χ0n) is 20.5. The fourth-order valence-electron chi connectivity index (χ4n) is 9.10. The molecule has 180 valence electrons. The smallest absolute Gasteiger partial charge is 0.0602 e. The first-order valence-corrected chi connectivity index (χ1v) is 13.2. The highest BCUT2D eigenvalue weighted by Gasteiger charge is 2.65. The largest absolute Gasteiger partial charge is 0.393 e. The second-order valence-electron chi connectivity index (χ2n) is 12.9. The number of aliphatic hydroxyl groups is 4. The summed E-state index contributed by atoms with van der Waals surface area (Å²) >= 11 is 0. The SMILES string of the molecule is CC(C)C(O)CCC(C)C1CCC2C3C(O)CC4CC(O)CCC4(C)C3CC(O)C12C. The Morgan fingerprint density at radius 1 is 0.871 bits per heavy atom. The molecule has 4 nitrogen and oxygen atoms in total. The molecule has 0 spiro atoms. The van der Waals surface area contributed by atoms with Gasteiger partial charge in [-0.3, -0.25) is 0 Å². The normalized spacial score (nSPS) is 51.7. The minimum absolute atomic E-state index is 0.135. The summed E-state index contributed by atoms with van der Waals surface area (Å²) in [5.74, 6) is 2.62. The molecule has 12 unspecified atom stereocenters. The number of hydrogen-bond donors (Lipinski definition) is 4. The number of fused-ring (bicyclic) bond motifs is 5. The van der Waals surface area contributed by atoms with Crippen LogP contribution in [0.3, 0.4) is 0 Å². The molecular weight excluding hydrogens is 388 g/mol. The van der Waals surface area contributed by atoms with Gasteiger partial charge in [-0.25, -0.2) is 0 Å². The van der Waals surface area contributed by atoms with Crippen LogP contribution in [0.15, 0.2) is 0 Å². The van der Waals surface area contributed by atoms with E-state index in [-0.39, 0.29) is 41.2 Å². The Balaban J connectivity index is 1.55. The van der Waals surface area contributed by atoms with E-state index in [0.717, 1.165) is 57.8 Å². The van der Waals surface area contributed by atoms with Crippen LogP contribution in [0.5, 0.6) is 0 Å². The lowest BCUT2D eigenvalue weighted by Crippen LogP contribution is -2.62. The summed E-state index contributed by atoms with van der Waals surface area (Å²) in [4.78, 5) is 0. The first-order chi connectivity index (χ1) is 14.5. The first kappa shape index (κ1) is 24.0. The standard InChI is InChI=1S/C27H48O4/c1-15(2)22(29)9-6-16(3)19-7-8-20-25-21(14-24(31)27(19,20)5)26(4)11-10-18(28)12-17(26)13-23(25)30/h15-25,28-31H,6-14H2,1-5H3. The third-order valence-electron chi connectivity index (χ3n) is 11.2. The van der Waals surface area contributed by atoms with Gasteiger partial charge in [0, 0.05) is 0 Å². The van der Waals surface area contributed by atoms with Crippen molar-refractivity contribution in [2.75, 3.05) is 0 Å². The molecule has 4 N–H and O–H groups in total.